The van der Waals surface area contributed by atoms with Crippen molar-refractivity contribution in [3.05, 3.63) is 60.2 Å². The minimum Gasteiger partial charge on any atom is -0.497 e. The van der Waals surface area contributed by atoms with E-state index >= 15 is 0 Å². The minimum absolute atomic E-state index is 0.0284. The van der Waals surface area contributed by atoms with Crippen molar-refractivity contribution < 1.29 is 24.0 Å². The van der Waals surface area contributed by atoms with Crippen LogP contribution in [-0.2, 0) is 9.59 Å². The molecular weight excluding hydrogens is 348 g/mol. The second kappa shape index (κ2) is 9.93. The molecule has 0 aliphatic carbocycles. The lowest BCUT2D eigenvalue weighted by Crippen LogP contribution is -3.11. The number of anilines is 1. The highest BCUT2D eigenvalue weighted by Crippen LogP contribution is 2.16. The van der Waals surface area contributed by atoms with Crippen LogP contribution in [0.15, 0.2) is 54.6 Å². The summed E-state index contributed by atoms with van der Waals surface area (Å²) in [5, 5.41) is 2.75. The van der Waals surface area contributed by atoms with Crippen LogP contribution in [0.1, 0.15) is 10.4 Å². The van der Waals surface area contributed by atoms with Crippen molar-refractivity contribution in [2.24, 2.45) is 0 Å². The molecule has 27 heavy (non-hydrogen) atoms. The number of quaternary nitrogens is 1. The van der Waals surface area contributed by atoms with Gasteiger partial charge in [0.2, 0.25) is 0 Å². The molecule has 3 amide bonds. The number of amides is 3. The van der Waals surface area contributed by atoms with E-state index in [9.17, 15) is 14.4 Å². The Hall–Kier alpha value is -3.39. The molecule has 2 aromatic carbocycles. The third-order valence-electron chi connectivity index (χ3n) is 3.63. The molecular formula is C19H23N4O4+. The van der Waals surface area contributed by atoms with E-state index in [-0.39, 0.29) is 19.0 Å². The molecule has 0 saturated heterocycles. The number of benzene rings is 2. The van der Waals surface area contributed by atoms with Crippen LogP contribution >= 0.6 is 0 Å². The summed E-state index contributed by atoms with van der Waals surface area (Å²) in [7, 11) is 3.26. The lowest BCUT2D eigenvalue weighted by molar-refractivity contribution is -0.862. The summed E-state index contributed by atoms with van der Waals surface area (Å²) in [4.78, 5) is 36.5. The van der Waals surface area contributed by atoms with E-state index in [1.807, 2.05) is 0 Å². The summed E-state index contributed by atoms with van der Waals surface area (Å²) in [6.07, 6.45) is 0. The molecule has 0 spiro atoms. The maximum absolute atomic E-state index is 12.1. The first kappa shape index (κ1) is 19.9. The predicted molar refractivity (Wildman–Crippen MR) is 100 cm³/mol. The molecule has 0 aromatic heterocycles. The second-order valence-corrected chi connectivity index (χ2v) is 5.96. The van der Waals surface area contributed by atoms with Gasteiger partial charge in [0.15, 0.2) is 13.1 Å². The van der Waals surface area contributed by atoms with Gasteiger partial charge in [-0.1, -0.05) is 24.3 Å². The van der Waals surface area contributed by atoms with Crippen molar-refractivity contribution >= 4 is 23.4 Å². The number of methoxy groups -OCH3 is 1. The zero-order chi connectivity index (χ0) is 19.6. The first-order chi connectivity index (χ1) is 13.0. The van der Waals surface area contributed by atoms with Crippen LogP contribution in [0.4, 0.5) is 5.69 Å². The van der Waals surface area contributed by atoms with E-state index in [0.717, 1.165) is 0 Å². The smallest absolute Gasteiger partial charge is 0.293 e. The minimum atomic E-state index is -0.405. The predicted octanol–water partition coefficient (Wildman–Crippen LogP) is -0.390. The van der Waals surface area contributed by atoms with Crippen molar-refractivity contribution in [2.75, 3.05) is 32.6 Å². The van der Waals surface area contributed by atoms with Crippen LogP contribution in [0, 0.1) is 0 Å². The average Bonchev–Trinajstić information content (AvgIpc) is 2.66. The summed E-state index contributed by atoms with van der Waals surface area (Å²) in [6, 6.07) is 15.6. The molecule has 0 heterocycles. The number of hydrogen-bond acceptors (Lipinski definition) is 4. The largest absolute Gasteiger partial charge is 0.497 e. The summed E-state index contributed by atoms with van der Waals surface area (Å²) >= 11 is 0. The number of hydrogen-bond donors (Lipinski definition) is 4. The van der Waals surface area contributed by atoms with Crippen LogP contribution in [-0.4, -0.2) is 45.0 Å². The van der Waals surface area contributed by atoms with E-state index in [1.165, 1.54) is 0 Å². The maximum Gasteiger partial charge on any atom is 0.293 e. The van der Waals surface area contributed by atoms with Gasteiger partial charge < -0.3 is 15.0 Å². The van der Waals surface area contributed by atoms with Crippen LogP contribution < -0.4 is 25.8 Å². The van der Waals surface area contributed by atoms with Crippen LogP contribution in [0.2, 0.25) is 0 Å². The number of carbonyl (C=O) groups excluding carboxylic acids is 3. The maximum atomic E-state index is 12.1. The van der Waals surface area contributed by atoms with Gasteiger partial charge in [-0.25, -0.2) is 0 Å². The number of ether oxygens (including phenoxy) is 1. The monoisotopic (exact) mass is 371 g/mol. The second-order valence-electron chi connectivity index (χ2n) is 5.96. The SMILES string of the molecule is COc1cccc(NC(=O)C[NH+](C)CC(=O)NNC(=O)c2ccccc2)c1. The molecule has 2 aromatic rings. The van der Waals surface area contributed by atoms with Gasteiger partial charge >= 0.3 is 0 Å². The molecule has 4 N–H and O–H groups in total. The third-order valence-corrected chi connectivity index (χ3v) is 3.63. The van der Waals surface area contributed by atoms with E-state index in [2.05, 4.69) is 16.2 Å². The van der Waals surface area contributed by atoms with Crippen molar-refractivity contribution in [3.63, 3.8) is 0 Å². The summed E-state index contributed by atoms with van der Waals surface area (Å²) in [5.74, 6) is -0.396. The van der Waals surface area contributed by atoms with Crippen molar-refractivity contribution in [1.82, 2.24) is 10.9 Å². The summed E-state index contributed by atoms with van der Waals surface area (Å²) < 4.78 is 5.10. The number of rotatable bonds is 7. The van der Waals surface area contributed by atoms with Gasteiger partial charge in [0, 0.05) is 17.3 Å². The lowest BCUT2D eigenvalue weighted by atomic mass is 10.2. The molecule has 8 nitrogen and oxygen atoms in total. The first-order valence-electron chi connectivity index (χ1n) is 8.37. The molecule has 0 aliphatic heterocycles. The molecule has 0 radical (unpaired) electrons. The van der Waals surface area contributed by atoms with Crippen LogP contribution in [0.5, 0.6) is 5.75 Å². The van der Waals surface area contributed by atoms with E-state index < -0.39 is 11.8 Å². The molecule has 1 atom stereocenters. The van der Waals surface area contributed by atoms with Crippen LogP contribution in [0.3, 0.4) is 0 Å². The Labute approximate surface area is 157 Å². The molecule has 0 saturated carbocycles. The summed E-state index contributed by atoms with van der Waals surface area (Å²) in [5.41, 5.74) is 5.74. The molecule has 8 heteroatoms. The fraction of sp³-hybridized carbons (Fsp3) is 0.211. The Morgan fingerprint density at radius 2 is 1.63 bits per heavy atom. The van der Waals surface area contributed by atoms with Gasteiger partial charge in [0.05, 0.1) is 14.2 Å². The zero-order valence-corrected chi connectivity index (χ0v) is 15.2. The Morgan fingerprint density at radius 3 is 2.33 bits per heavy atom. The Morgan fingerprint density at radius 1 is 0.926 bits per heavy atom. The number of carbonyl (C=O) groups is 3. The molecule has 2 rings (SSSR count). The van der Waals surface area contributed by atoms with Gasteiger partial charge in [-0.05, 0) is 24.3 Å². The van der Waals surface area contributed by atoms with Gasteiger partial charge in [-0.15, -0.1) is 0 Å². The fourth-order valence-corrected chi connectivity index (χ4v) is 2.35. The average molecular weight is 371 g/mol. The van der Waals surface area contributed by atoms with Gasteiger partial charge in [0.25, 0.3) is 17.7 Å². The fourth-order valence-electron chi connectivity index (χ4n) is 2.35. The van der Waals surface area contributed by atoms with Crippen molar-refractivity contribution in [3.8, 4) is 5.75 Å². The number of hydrazine groups is 1. The molecule has 0 fully saturated rings. The lowest BCUT2D eigenvalue weighted by Gasteiger charge is -2.14. The van der Waals surface area contributed by atoms with Crippen LogP contribution in [0.25, 0.3) is 0 Å². The number of nitrogens with one attached hydrogen (secondary N) is 4. The standard InChI is InChI=1S/C19H22N4O4/c1-23(12-17(24)20-15-9-6-10-16(11-15)27-2)13-18(25)21-22-19(26)14-7-4-3-5-8-14/h3-11H,12-13H2,1-2H3,(H,20,24)(H,21,25)(H,22,26)/p+1. The van der Waals surface area contributed by atoms with E-state index in [4.69, 9.17) is 4.74 Å². The highest BCUT2D eigenvalue weighted by Gasteiger charge is 2.15. The van der Waals surface area contributed by atoms with Crippen molar-refractivity contribution in [1.29, 1.82) is 0 Å². The van der Waals surface area contributed by atoms with Crippen molar-refractivity contribution in [2.45, 2.75) is 0 Å². The first-order valence-corrected chi connectivity index (χ1v) is 8.37. The summed E-state index contributed by atoms with van der Waals surface area (Å²) in [6.45, 7) is 0.123. The zero-order valence-electron chi connectivity index (χ0n) is 15.2. The molecule has 1 unspecified atom stereocenters. The Bertz CT molecular complexity index is 795. The highest BCUT2D eigenvalue weighted by molar-refractivity contribution is 5.95. The van der Waals surface area contributed by atoms with Gasteiger partial charge in [-0.2, -0.15) is 0 Å². The molecule has 142 valence electrons. The topological polar surface area (TPSA) is 101 Å². The van der Waals surface area contributed by atoms with Gasteiger partial charge in [0.1, 0.15) is 5.75 Å². The van der Waals surface area contributed by atoms with E-state index in [1.54, 1.807) is 68.8 Å². The van der Waals surface area contributed by atoms with Gasteiger partial charge in [-0.3, -0.25) is 25.2 Å². The van der Waals surface area contributed by atoms with E-state index in [0.29, 0.717) is 21.9 Å². The quantitative estimate of drug-likeness (QED) is 0.498. The normalized spacial score (nSPS) is 11.2. The third kappa shape index (κ3) is 6.79. The Balaban J connectivity index is 1.73. The highest BCUT2D eigenvalue weighted by atomic mass is 16.5. The molecule has 0 bridgehead atoms. The Kier molecular flexibility index (Phi) is 7.33. The number of likely N-dealkylation sites (N-methyl/N-ethyl adjacent to an activating group) is 1. The molecule has 0 aliphatic rings.